The number of amides is 1. The molecule has 110 valence electrons. The van der Waals surface area contributed by atoms with Crippen LogP contribution in [0.4, 0.5) is 0 Å². The summed E-state index contributed by atoms with van der Waals surface area (Å²) in [5, 5.41) is 16.8. The molecule has 0 bridgehead atoms. The fraction of sp³-hybridized carbons (Fsp3) is 0.357. The van der Waals surface area contributed by atoms with E-state index in [2.05, 4.69) is 10.2 Å². The topological polar surface area (TPSA) is 95.5 Å². The molecule has 0 radical (unpaired) electrons. The number of aliphatic carboxylic acids is 1. The third-order valence-corrected chi connectivity index (χ3v) is 3.99. The first-order chi connectivity index (χ1) is 10.1. The van der Waals surface area contributed by atoms with Crippen LogP contribution in [0.5, 0.6) is 0 Å². The number of carboxylic acid groups (broad SMARTS) is 1. The molecule has 7 heteroatoms. The monoisotopic (exact) mass is 289 g/mol. The van der Waals surface area contributed by atoms with Crippen LogP contribution in [0.25, 0.3) is 10.9 Å². The Balaban J connectivity index is 1.84. The van der Waals surface area contributed by atoms with Crippen molar-refractivity contribution in [3.05, 3.63) is 30.0 Å². The summed E-state index contributed by atoms with van der Waals surface area (Å²) in [7, 11) is 1.36. The first-order valence-electron chi connectivity index (χ1n) is 6.57. The maximum Gasteiger partial charge on any atom is 0.337 e. The molecule has 3 rings (SSSR count). The SMILES string of the molecule is COC1(C(=O)O)CCN(C(=O)c2ccc3[nH]ncc3c2)C1. The quantitative estimate of drug-likeness (QED) is 0.874. The number of methoxy groups -OCH3 is 1. The summed E-state index contributed by atoms with van der Waals surface area (Å²) in [5.74, 6) is -1.23. The number of benzene rings is 1. The van der Waals surface area contributed by atoms with Gasteiger partial charge in [0, 0.05) is 31.0 Å². The van der Waals surface area contributed by atoms with Crippen LogP contribution in [-0.2, 0) is 9.53 Å². The molecule has 1 fully saturated rings. The van der Waals surface area contributed by atoms with Crippen molar-refractivity contribution in [1.29, 1.82) is 0 Å². The fourth-order valence-electron chi connectivity index (χ4n) is 2.64. The lowest BCUT2D eigenvalue weighted by molar-refractivity contribution is -0.160. The predicted molar refractivity (Wildman–Crippen MR) is 74.0 cm³/mol. The Morgan fingerprint density at radius 1 is 1.48 bits per heavy atom. The van der Waals surface area contributed by atoms with Crippen molar-refractivity contribution in [2.24, 2.45) is 0 Å². The Labute approximate surface area is 120 Å². The highest BCUT2D eigenvalue weighted by molar-refractivity contribution is 5.98. The minimum atomic E-state index is -1.30. The summed E-state index contributed by atoms with van der Waals surface area (Å²) >= 11 is 0. The van der Waals surface area contributed by atoms with E-state index in [1.807, 2.05) is 0 Å². The van der Waals surface area contributed by atoms with Gasteiger partial charge < -0.3 is 14.7 Å². The van der Waals surface area contributed by atoms with Crippen molar-refractivity contribution in [3.8, 4) is 0 Å². The van der Waals surface area contributed by atoms with Gasteiger partial charge in [0.15, 0.2) is 5.60 Å². The second kappa shape index (κ2) is 4.85. The van der Waals surface area contributed by atoms with Crippen molar-refractivity contribution in [2.45, 2.75) is 12.0 Å². The molecule has 0 spiro atoms. The van der Waals surface area contributed by atoms with E-state index in [9.17, 15) is 14.7 Å². The third-order valence-electron chi connectivity index (χ3n) is 3.99. The molecule has 2 heterocycles. The van der Waals surface area contributed by atoms with Gasteiger partial charge in [-0.05, 0) is 18.2 Å². The number of carbonyl (C=O) groups is 2. The van der Waals surface area contributed by atoms with Gasteiger partial charge in [-0.3, -0.25) is 9.89 Å². The van der Waals surface area contributed by atoms with Gasteiger partial charge in [-0.1, -0.05) is 0 Å². The van der Waals surface area contributed by atoms with E-state index >= 15 is 0 Å². The van der Waals surface area contributed by atoms with Crippen molar-refractivity contribution in [3.63, 3.8) is 0 Å². The molecule has 21 heavy (non-hydrogen) atoms. The highest BCUT2D eigenvalue weighted by atomic mass is 16.5. The standard InChI is InChI=1S/C14H15N3O4/c1-21-14(13(19)20)4-5-17(8-14)12(18)9-2-3-11-10(6-9)7-15-16-11/h2-3,6-7H,4-5,8H2,1H3,(H,15,16)(H,19,20). The van der Waals surface area contributed by atoms with E-state index in [1.54, 1.807) is 24.4 Å². The molecule has 1 aliphatic heterocycles. The molecular weight excluding hydrogens is 274 g/mol. The number of ether oxygens (including phenoxy) is 1. The van der Waals surface area contributed by atoms with Gasteiger partial charge in [-0.15, -0.1) is 0 Å². The molecule has 1 aromatic carbocycles. The summed E-state index contributed by atoms with van der Waals surface area (Å²) < 4.78 is 5.13. The number of carboxylic acids is 1. The number of hydrogen-bond donors (Lipinski definition) is 2. The second-order valence-corrected chi connectivity index (χ2v) is 5.15. The Hall–Kier alpha value is -2.41. The lowest BCUT2D eigenvalue weighted by Gasteiger charge is -2.23. The molecule has 0 saturated carbocycles. The largest absolute Gasteiger partial charge is 0.479 e. The van der Waals surface area contributed by atoms with Crippen LogP contribution in [0.3, 0.4) is 0 Å². The molecule has 0 aliphatic carbocycles. The van der Waals surface area contributed by atoms with E-state index in [0.29, 0.717) is 18.5 Å². The van der Waals surface area contributed by atoms with Crippen LogP contribution < -0.4 is 0 Å². The van der Waals surface area contributed by atoms with Crippen LogP contribution >= 0.6 is 0 Å². The smallest absolute Gasteiger partial charge is 0.337 e. The number of aromatic nitrogens is 2. The number of carbonyl (C=O) groups excluding carboxylic acids is 1. The van der Waals surface area contributed by atoms with Crippen molar-refractivity contribution >= 4 is 22.8 Å². The normalized spacial score (nSPS) is 21.9. The average molecular weight is 289 g/mol. The van der Waals surface area contributed by atoms with Crippen molar-refractivity contribution in [1.82, 2.24) is 15.1 Å². The minimum Gasteiger partial charge on any atom is -0.479 e. The first kappa shape index (κ1) is 13.6. The number of nitrogens with one attached hydrogen (secondary N) is 1. The molecule has 1 atom stereocenters. The van der Waals surface area contributed by atoms with Crippen molar-refractivity contribution in [2.75, 3.05) is 20.2 Å². The molecule has 1 saturated heterocycles. The molecule has 1 aliphatic rings. The molecule has 1 aromatic heterocycles. The summed E-state index contributed by atoms with van der Waals surface area (Å²) in [4.78, 5) is 25.3. The lowest BCUT2D eigenvalue weighted by atomic mass is 10.0. The zero-order valence-corrected chi connectivity index (χ0v) is 11.5. The van der Waals surface area contributed by atoms with Crippen molar-refractivity contribution < 1.29 is 19.4 Å². The second-order valence-electron chi connectivity index (χ2n) is 5.15. The van der Waals surface area contributed by atoms with Gasteiger partial charge in [0.2, 0.25) is 0 Å². The van der Waals surface area contributed by atoms with Gasteiger partial charge in [0.05, 0.1) is 18.3 Å². The number of rotatable bonds is 3. The number of fused-ring (bicyclic) bond motifs is 1. The van der Waals surface area contributed by atoms with Crippen LogP contribution in [-0.4, -0.2) is 57.9 Å². The fourth-order valence-corrected chi connectivity index (χ4v) is 2.64. The van der Waals surface area contributed by atoms with Crippen LogP contribution in [0, 0.1) is 0 Å². The van der Waals surface area contributed by atoms with Crippen LogP contribution in [0.1, 0.15) is 16.8 Å². The van der Waals surface area contributed by atoms with Crippen LogP contribution in [0.15, 0.2) is 24.4 Å². The first-order valence-corrected chi connectivity index (χ1v) is 6.57. The van der Waals surface area contributed by atoms with E-state index in [4.69, 9.17) is 4.74 Å². The highest BCUT2D eigenvalue weighted by Crippen LogP contribution is 2.27. The third kappa shape index (κ3) is 2.15. The molecule has 2 N–H and O–H groups in total. The average Bonchev–Trinajstić information content (AvgIpc) is 3.13. The number of H-pyrrole nitrogens is 1. The molecule has 2 aromatic rings. The zero-order valence-electron chi connectivity index (χ0n) is 11.5. The van der Waals surface area contributed by atoms with Gasteiger partial charge >= 0.3 is 5.97 Å². The maximum absolute atomic E-state index is 12.5. The number of likely N-dealkylation sites (tertiary alicyclic amines) is 1. The van der Waals surface area contributed by atoms with Gasteiger partial charge in [0.25, 0.3) is 5.91 Å². The van der Waals surface area contributed by atoms with Gasteiger partial charge in [-0.25, -0.2) is 4.79 Å². The minimum absolute atomic E-state index is 0.0566. The van der Waals surface area contributed by atoms with E-state index in [0.717, 1.165) is 10.9 Å². The van der Waals surface area contributed by atoms with E-state index in [1.165, 1.54) is 12.0 Å². The predicted octanol–water partition coefficient (Wildman–Crippen LogP) is 0.879. The lowest BCUT2D eigenvalue weighted by Crippen LogP contribution is -2.44. The summed E-state index contributed by atoms with van der Waals surface area (Å²) in [6, 6.07) is 5.23. The van der Waals surface area contributed by atoms with E-state index < -0.39 is 11.6 Å². The van der Waals surface area contributed by atoms with Gasteiger partial charge in [-0.2, -0.15) is 5.10 Å². The number of hydrogen-bond acceptors (Lipinski definition) is 4. The maximum atomic E-state index is 12.5. The summed E-state index contributed by atoms with van der Waals surface area (Å²) in [6.45, 7) is 0.420. The van der Waals surface area contributed by atoms with Gasteiger partial charge in [0.1, 0.15) is 0 Å². The molecule has 1 amide bonds. The van der Waals surface area contributed by atoms with E-state index in [-0.39, 0.29) is 12.5 Å². The highest BCUT2D eigenvalue weighted by Gasteiger charge is 2.46. The summed E-state index contributed by atoms with van der Waals surface area (Å²) in [6.07, 6.45) is 1.94. The Morgan fingerprint density at radius 3 is 2.95 bits per heavy atom. The molecular formula is C14H15N3O4. The molecule has 7 nitrogen and oxygen atoms in total. The Kier molecular flexibility index (Phi) is 3.13. The zero-order chi connectivity index (χ0) is 15.0. The Morgan fingerprint density at radius 2 is 2.29 bits per heavy atom. The number of aromatic amines is 1. The molecule has 1 unspecified atom stereocenters. The van der Waals surface area contributed by atoms with Crippen LogP contribution in [0.2, 0.25) is 0 Å². The summed E-state index contributed by atoms with van der Waals surface area (Å²) in [5.41, 5.74) is 0.0704. The Bertz CT molecular complexity index is 711. The number of nitrogens with zero attached hydrogens (tertiary/aromatic N) is 2.